The maximum absolute atomic E-state index is 10.8. The van der Waals surface area contributed by atoms with Crippen LogP contribution in [0.15, 0.2) is 48.5 Å². The van der Waals surface area contributed by atoms with E-state index in [2.05, 4.69) is 166 Å². The third-order valence-corrected chi connectivity index (χ3v) is 15.2. The van der Waals surface area contributed by atoms with Crippen molar-refractivity contribution in [3.63, 3.8) is 0 Å². The molecule has 0 aromatic heterocycles. The summed E-state index contributed by atoms with van der Waals surface area (Å²) in [6.07, 6.45) is 1.55. The summed E-state index contributed by atoms with van der Waals surface area (Å²) in [7, 11) is 0. The molecule has 16 heteroatoms. The molecular weight excluding hydrogens is 1130 g/mol. The summed E-state index contributed by atoms with van der Waals surface area (Å²) < 4.78 is 0. The highest BCUT2D eigenvalue weighted by Gasteiger charge is 2.30. The van der Waals surface area contributed by atoms with Crippen molar-refractivity contribution in [1.29, 1.82) is 0 Å². The molecule has 4 aromatic rings. The number of benzene rings is 4. The number of hydrogen-bond donors (Lipinski definition) is 12. The first-order valence-corrected chi connectivity index (χ1v) is 30.7. The maximum Gasteiger partial charge on any atom is 0.303 e. The molecule has 4 aromatic carbocycles. The Bertz CT molecular complexity index is 2560. The number of carbonyl (C=O) groups is 4. The topological polar surface area (TPSA) is 311 Å². The van der Waals surface area contributed by atoms with Gasteiger partial charge >= 0.3 is 23.9 Å². The zero-order valence-electron chi connectivity index (χ0n) is 58.6. The molecule has 0 heterocycles. The second-order valence-corrected chi connectivity index (χ2v) is 31.8. The van der Waals surface area contributed by atoms with E-state index in [4.69, 9.17) is 40.9 Å². The van der Waals surface area contributed by atoms with Crippen molar-refractivity contribution in [2.75, 3.05) is 26.4 Å². The number of aryl methyl sites for hydroxylation is 4. The lowest BCUT2D eigenvalue weighted by atomic mass is 9.78. The fraction of sp³-hybridized carbons (Fsp3) is 0.616. The van der Waals surface area contributed by atoms with Crippen molar-refractivity contribution in [1.82, 2.24) is 0 Å². The van der Waals surface area contributed by atoms with E-state index in [1.165, 1.54) is 0 Å². The molecule has 4 rings (SSSR count). The molecule has 0 unspecified atom stereocenters. The van der Waals surface area contributed by atoms with Gasteiger partial charge in [-0.2, -0.15) is 0 Å². The summed E-state index contributed by atoms with van der Waals surface area (Å²) >= 11 is 0. The van der Waals surface area contributed by atoms with Crippen LogP contribution in [0.4, 0.5) is 0 Å². The van der Waals surface area contributed by atoms with Crippen molar-refractivity contribution in [2.45, 2.75) is 261 Å². The minimum absolute atomic E-state index is 0.0325. The number of aliphatic hydroxyl groups excluding tert-OH is 4. The van der Waals surface area contributed by atoms with Crippen molar-refractivity contribution in [2.24, 2.45) is 5.41 Å². The first-order chi connectivity index (χ1) is 39.9. The average Bonchev–Trinajstić information content (AvgIpc) is 3.50. The van der Waals surface area contributed by atoms with E-state index >= 15 is 0 Å². The zero-order chi connectivity index (χ0) is 70.2. The highest BCUT2D eigenvalue weighted by atomic mass is 16.4. The number of aliphatic carboxylic acids is 4. The Kier molecular flexibility index (Phi) is 30.4. The van der Waals surface area contributed by atoms with E-state index in [0.717, 1.165) is 66.8 Å². The van der Waals surface area contributed by atoms with E-state index in [-0.39, 0.29) is 92.0 Å². The number of rotatable bonds is 16. The largest absolute Gasteiger partial charge is 0.507 e. The van der Waals surface area contributed by atoms with Gasteiger partial charge in [0.15, 0.2) is 0 Å². The van der Waals surface area contributed by atoms with Gasteiger partial charge in [0.05, 0.1) is 31.8 Å². The average molecular weight is 1250 g/mol. The van der Waals surface area contributed by atoms with Gasteiger partial charge in [0, 0.05) is 25.7 Å². The zero-order valence-corrected chi connectivity index (χ0v) is 58.6. The van der Waals surface area contributed by atoms with Crippen LogP contribution in [-0.2, 0) is 88.2 Å². The highest BCUT2D eigenvalue weighted by Crippen LogP contribution is 2.42. The molecule has 0 bridgehead atoms. The van der Waals surface area contributed by atoms with Crippen LogP contribution >= 0.6 is 0 Å². The van der Waals surface area contributed by atoms with E-state index in [1.807, 2.05) is 48.5 Å². The molecule has 0 aliphatic carbocycles. The lowest BCUT2D eigenvalue weighted by Crippen LogP contribution is -2.37. The van der Waals surface area contributed by atoms with Gasteiger partial charge in [-0.1, -0.05) is 215 Å². The predicted octanol–water partition coefficient (Wildman–Crippen LogP) is 14.0. The Morgan fingerprint density at radius 2 is 0.416 bits per heavy atom. The van der Waals surface area contributed by atoms with Gasteiger partial charge in [-0.25, -0.2) is 0 Å². The van der Waals surface area contributed by atoms with Crippen LogP contribution in [0.5, 0.6) is 23.0 Å². The SMILES string of the molecule is CC(C)(C)c1cc(CCC(=O)O)c(O)c(C(C)(C)C)c1.CC(C)(C)c1cc(CCC(=O)O)c(O)c(C(C)(C)C)c1.CC(C)(C)c1cc(CCC(=O)O)c(O)c(C(C)(C)C)c1.CC(C)(C)c1cc(CCC(=O)O)c(O)c(C(C)(C)C)c1.OCC(CO)(CO)CO. The molecule has 16 nitrogen and oxygen atoms in total. The van der Waals surface area contributed by atoms with Crippen LogP contribution in [0, 0.1) is 5.41 Å². The molecule has 0 saturated carbocycles. The van der Waals surface area contributed by atoms with Crippen molar-refractivity contribution in [3.05, 3.63) is 115 Å². The van der Waals surface area contributed by atoms with Crippen molar-refractivity contribution >= 4 is 23.9 Å². The summed E-state index contributed by atoms with van der Waals surface area (Å²) in [6, 6.07) is 15.9. The van der Waals surface area contributed by atoms with Gasteiger partial charge in [-0.15, -0.1) is 0 Å². The summed E-state index contributed by atoms with van der Waals surface area (Å²) in [5.74, 6) is -2.41. The molecule has 0 saturated heterocycles. The maximum atomic E-state index is 10.8. The molecule has 12 N–H and O–H groups in total. The third kappa shape index (κ3) is 27.4. The highest BCUT2D eigenvalue weighted by molar-refractivity contribution is 5.69. The Balaban J connectivity index is 0.00000111. The van der Waals surface area contributed by atoms with E-state index in [0.29, 0.717) is 25.7 Å². The van der Waals surface area contributed by atoms with E-state index in [9.17, 15) is 39.6 Å². The number of carboxylic acid groups (broad SMARTS) is 4. The van der Waals surface area contributed by atoms with Gasteiger partial charge in [0.1, 0.15) is 23.0 Å². The molecule has 0 amide bonds. The molecule has 0 atom stereocenters. The monoisotopic (exact) mass is 1250 g/mol. The number of phenols is 4. The minimum atomic E-state index is -1.11. The van der Waals surface area contributed by atoms with Crippen LogP contribution < -0.4 is 0 Å². The van der Waals surface area contributed by atoms with Gasteiger partial charge in [-0.3, -0.25) is 19.2 Å². The predicted molar refractivity (Wildman–Crippen MR) is 357 cm³/mol. The Morgan fingerprint density at radius 1 is 0.270 bits per heavy atom. The standard InChI is InChI=1S/4C17H26O3.C5H12O4/c4*1-16(2,3)12-9-11(7-8-14(18)19)15(20)13(10-12)17(4,5)6;6-1-5(2-7,3-8)4-9/h4*9-10,20H,7-8H2,1-6H3,(H,18,19);6-9H,1-4H2. The number of carboxylic acids is 4. The number of hydrogen-bond acceptors (Lipinski definition) is 12. The molecule has 0 fully saturated rings. The van der Waals surface area contributed by atoms with Crippen LogP contribution in [-0.4, -0.2) is 112 Å². The molecule has 504 valence electrons. The lowest BCUT2D eigenvalue weighted by molar-refractivity contribution is -0.138. The minimum Gasteiger partial charge on any atom is -0.507 e. The fourth-order valence-corrected chi connectivity index (χ4v) is 8.83. The summed E-state index contributed by atoms with van der Waals surface area (Å²) in [5, 5.41) is 111. The molecule has 0 spiro atoms. The van der Waals surface area contributed by atoms with Gasteiger partial charge in [0.2, 0.25) is 0 Å². The lowest BCUT2D eigenvalue weighted by Gasteiger charge is -2.27. The second-order valence-electron chi connectivity index (χ2n) is 31.8. The molecule has 0 aliphatic heterocycles. The van der Waals surface area contributed by atoms with E-state index < -0.39 is 55.7 Å². The quantitative estimate of drug-likeness (QED) is 0.0496. The van der Waals surface area contributed by atoms with Crippen molar-refractivity contribution in [3.8, 4) is 23.0 Å². The summed E-state index contributed by atoms with van der Waals surface area (Å²) in [5.41, 5.74) is 8.96. The third-order valence-electron chi connectivity index (χ3n) is 15.2. The Hall–Kier alpha value is -6.20. The Labute approximate surface area is 533 Å². The first-order valence-electron chi connectivity index (χ1n) is 30.7. The molecule has 89 heavy (non-hydrogen) atoms. The first kappa shape index (κ1) is 82.8. The normalized spacial score (nSPS) is 12.4. The summed E-state index contributed by atoms with van der Waals surface area (Å²) in [6.45, 7) is 48.4. The number of aliphatic hydroxyl groups is 4. The Morgan fingerprint density at radius 3 is 0.506 bits per heavy atom. The number of aromatic hydroxyl groups is 4. The van der Waals surface area contributed by atoms with Gasteiger partial charge in [0.25, 0.3) is 0 Å². The van der Waals surface area contributed by atoms with Crippen LogP contribution in [0.25, 0.3) is 0 Å². The molecule has 0 aliphatic rings. The summed E-state index contributed by atoms with van der Waals surface area (Å²) in [4.78, 5) is 43.1. The number of phenolic OH excluding ortho intramolecular Hbond substituents is 4. The molecule has 0 radical (unpaired) electrons. The van der Waals surface area contributed by atoms with Crippen LogP contribution in [0.1, 0.15) is 259 Å². The van der Waals surface area contributed by atoms with Crippen LogP contribution in [0.2, 0.25) is 0 Å². The van der Waals surface area contributed by atoms with Gasteiger partial charge < -0.3 is 61.3 Å². The fourth-order valence-electron chi connectivity index (χ4n) is 8.83. The van der Waals surface area contributed by atoms with Crippen LogP contribution in [0.3, 0.4) is 0 Å². The van der Waals surface area contributed by atoms with E-state index in [1.54, 1.807) is 0 Å². The smallest absolute Gasteiger partial charge is 0.303 e. The van der Waals surface area contributed by atoms with Crippen molar-refractivity contribution < 1.29 is 80.5 Å². The second kappa shape index (κ2) is 32.7. The molecular formula is C73H116O16. The van der Waals surface area contributed by atoms with Gasteiger partial charge in [-0.05, 0) is 136 Å².